The van der Waals surface area contributed by atoms with Crippen molar-refractivity contribution in [3.63, 3.8) is 0 Å². The minimum Gasteiger partial charge on any atom is -0.495 e. The smallest absolute Gasteiger partial charge is 0.277 e. The highest BCUT2D eigenvalue weighted by atomic mass is 35.5. The first-order chi connectivity index (χ1) is 9.51. The number of nitrogens with one attached hydrogen (secondary N) is 1. The number of ether oxygens (including phenoxy) is 1. The molecule has 106 valence electrons. The molecule has 0 aliphatic carbocycles. The van der Waals surface area contributed by atoms with Crippen LogP contribution in [0.4, 0.5) is 5.69 Å². The third-order valence-corrected chi connectivity index (χ3v) is 3.04. The fourth-order valence-electron chi connectivity index (χ4n) is 1.61. The van der Waals surface area contributed by atoms with Crippen molar-refractivity contribution in [3.8, 4) is 5.75 Å². The molecule has 1 amide bonds. The van der Waals surface area contributed by atoms with Crippen LogP contribution in [0.5, 0.6) is 5.75 Å². The van der Waals surface area contributed by atoms with E-state index in [1.54, 1.807) is 24.3 Å². The summed E-state index contributed by atoms with van der Waals surface area (Å²) in [6.45, 7) is 3.93. The Hall–Kier alpha value is -2.01. The van der Waals surface area contributed by atoms with Crippen LogP contribution in [0.15, 0.2) is 28.8 Å². The highest BCUT2D eigenvalue weighted by molar-refractivity contribution is 6.32. The summed E-state index contributed by atoms with van der Waals surface area (Å²) in [4.78, 5) is 12.0. The van der Waals surface area contributed by atoms with Gasteiger partial charge in [0, 0.05) is 17.7 Å². The van der Waals surface area contributed by atoms with Gasteiger partial charge in [-0.05, 0) is 18.2 Å². The molecule has 0 radical (unpaired) electrons. The Balaban J connectivity index is 2.12. The van der Waals surface area contributed by atoms with Crippen LogP contribution in [-0.2, 0) is 0 Å². The molecule has 0 atom stereocenters. The molecule has 2 aromatic rings. The highest BCUT2D eigenvalue weighted by Gasteiger charge is 2.15. The molecule has 0 aliphatic rings. The highest BCUT2D eigenvalue weighted by Crippen LogP contribution is 2.27. The summed E-state index contributed by atoms with van der Waals surface area (Å²) in [5.74, 6) is 1.05. The molecule has 0 spiro atoms. The van der Waals surface area contributed by atoms with Crippen molar-refractivity contribution in [1.82, 2.24) is 5.16 Å². The third-order valence-electron chi connectivity index (χ3n) is 2.74. The second-order valence-corrected chi connectivity index (χ2v) is 4.98. The van der Waals surface area contributed by atoms with Gasteiger partial charge in [0.15, 0.2) is 5.69 Å². The number of benzene rings is 1. The number of anilines is 1. The van der Waals surface area contributed by atoms with Crippen LogP contribution in [0.3, 0.4) is 0 Å². The zero-order chi connectivity index (χ0) is 14.7. The van der Waals surface area contributed by atoms with Crippen LogP contribution in [0.25, 0.3) is 0 Å². The number of carbonyl (C=O) groups is 1. The number of hydrogen-bond donors (Lipinski definition) is 1. The number of halogens is 1. The number of methoxy groups -OCH3 is 1. The van der Waals surface area contributed by atoms with Gasteiger partial charge < -0.3 is 14.6 Å². The molecule has 0 saturated heterocycles. The van der Waals surface area contributed by atoms with Crippen LogP contribution < -0.4 is 10.1 Å². The van der Waals surface area contributed by atoms with Gasteiger partial charge in [-0.3, -0.25) is 4.79 Å². The zero-order valence-electron chi connectivity index (χ0n) is 11.4. The predicted molar refractivity (Wildman–Crippen MR) is 76.5 cm³/mol. The monoisotopic (exact) mass is 294 g/mol. The van der Waals surface area contributed by atoms with Gasteiger partial charge in [0.2, 0.25) is 0 Å². The molecule has 0 unspecified atom stereocenters. The molecule has 1 heterocycles. The van der Waals surface area contributed by atoms with Gasteiger partial charge >= 0.3 is 0 Å². The molecule has 1 N–H and O–H groups in total. The summed E-state index contributed by atoms with van der Waals surface area (Å²) >= 11 is 5.99. The lowest BCUT2D eigenvalue weighted by Gasteiger charge is -2.06. The number of carbonyl (C=O) groups excluding carboxylic acids is 1. The molecule has 0 aliphatic heterocycles. The molecule has 5 nitrogen and oxygen atoms in total. The molecular weight excluding hydrogens is 280 g/mol. The minimum absolute atomic E-state index is 0.180. The standard InChI is InChI=1S/C14H15ClN2O3/c1-8(2)13-7-11(17-20-13)14(18)16-9-4-5-12(19-3)10(15)6-9/h4-8H,1-3H3,(H,16,18). The van der Waals surface area contributed by atoms with E-state index in [4.69, 9.17) is 20.9 Å². The van der Waals surface area contributed by atoms with E-state index in [0.29, 0.717) is 22.2 Å². The molecule has 20 heavy (non-hydrogen) atoms. The number of nitrogens with zero attached hydrogens (tertiary/aromatic N) is 1. The number of hydrogen-bond acceptors (Lipinski definition) is 4. The minimum atomic E-state index is -0.345. The summed E-state index contributed by atoms with van der Waals surface area (Å²) in [5.41, 5.74) is 0.801. The van der Waals surface area contributed by atoms with E-state index < -0.39 is 0 Å². The van der Waals surface area contributed by atoms with Gasteiger partial charge in [-0.1, -0.05) is 30.6 Å². The van der Waals surface area contributed by atoms with Gasteiger partial charge in [-0.2, -0.15) is 0 Å². The summed E-state index contributed by atoms with van der Waals surface area (Å²) in [6, 6.07) is 6.62. The maximum atomic E-state index is 12.0. The molecular formula is C14H15ClN2O3. The van der Waals surface area contributed by atoms with Crippen LogP contribution in [0.1, 0.15) is 36.0 Å². The van der Waals surface area contributed by atoms with Crippen LogP contribution >= 0.6 is 11.6 Å². The largest absolute Gasteiger partial charge is 0.495 e. The van der Waals surface area contributed by atoms with E-state index in [2.05, 4.69) is 10.5 Å². The van der Waals surface area contributed by atoms with Crippen molar-refractivity contribution >= 4 is 23.2 Å². The summed E-state index contributed by atoms with van der Waals surface area (Å²) in [5, 5.41) is 6.87. The van der Waals surface area contributed by atoms with Crippen molar-refractivity contribution in [3.05, 3.63) is 40.7 Å². The van der Waals surface area contributed by atoms with E-state index in [1.165, 1.54) is 7.11 Å². The van der Waals surface area contributed by atoms with Crippen LogP contribution in [-0.4, -0.2) is 18.2 Å². The van der Waals surface area contributed by atoms with E-state index >= 15 is 0 Å². The van der Waals surface area contributed by atoms with Gasteiger partial charge in [-0.25, -0.2) is 0 Å². The summed E-state index contributed by atoms with van der Waals surface area (Å²) in [7, 11) is 1.53. The average molecular weight is 295 g/mol. The molecule has 2 rings (SSSR count). The number of aromatic nitrogens is 1. The Morgan fingerprint density at radius 3 is 2.70 bits per heavy atom. The lowest BCUT2D eigenvalue weighted by Crippen LogP contribution is -2.12. The topological polar surface area (TPSA) is 64.4 Å². The van der Waals surface area contributed by atoms with Crippen molar-refractivity contribution < 1.29 is 14.1 Å². The van der Waals surface area contributed by atoms with Gasteiger partial charge in [0.25, 0.3) is 5.91 Å². The third kappa shape index (κ3) is 3.11. The summed E-state index contributed by atoms with van der Waals surface area (Å²) in [6.07, 6.45) is 0. The fourth-order valence-corrected chi connectivity index (χ4v) is 1.87. The fraction of sp³-hybridized carbons (Fsp3) is 0.286. The summed E-state index contributed by atoms with van der Waals surface area (Å²) < 4.78 is 10.1. The first kappa shape index (κ1) is 14.4. The molecule has 0 saturated carbocycles. The second-order valence-electron chi connectivity index (χ2n) is 4.57. The second kappa shape index (κ2) is 5.96. The van der Waals surface area contributed by atoms with E-state index in [-0.39, 0.29) is 17.5 Å². The van der Waals surface area contributed by atoms with E-state index in [9.17, 15) is 4.79 Å². The zero-order valence-corrected chi connectivity index (χ0v) is 12.2. The van der Waals surface area contributed by atoms with Gasteiger partial charge in [-0.15, -0.1) is 0 Å². The Kier molecular flexibility index (Phi) is 4.29. The van der Waals surface area contributed by atoms with E-state index in [0.717, 1.165) is 0 Å². The maximum Gasteiger partial charge on any atom is 0.277 e. The first-order valence-corrected chi connectivity index (χ1v) is 6.50. The van der Waals surface area contributed by atoms with Crippen molar-refractivity contribution in [1.29, 1.82) is 0 Å². The molecule has 0 fully saturated rings. The van der Waals surface area contributed by atoms with Crippen LogP contribution in [0, 0.1) is 0 Å². The average Bonchev–Trinajstić information content (AvgIpc) is 2.88. The lowest BCUT2D eigenvalue weighted by atomic mass is 10.1. The Morgan fingerprint density at radius 2 is 2.15 bits per heavy atom. The molecule has 1 aromatic carbocycles. The van der Waals surface area contributed by atoms with Gasteiger partial charge in [0.1, 0.15) is 11.5 Å². The van der Waals surface area contributed by atoms with E-state index in [1.807, 2.05) is 13.8 Å². The number of rotatable bonds is 4. The van der Waals surface area contributed by atoms with Crippen molar-refractivity contribution in [2.75, 3.05) is 12.4 Å². The number of amides is 1. The van der Waals surface area contributed by atoms with Crippen molar-refractivity contribution in [2.45, 2.75) is 19.8 Å². The SMILES string of the molecule is COc1ccc(NC(=O)c2cc(C(C)C)on2)cc1Cl. The van der Waals surface area contributed by atoms with Crippen molar-refractivity contribution in [2.24, 2.45) is 0 Å². The first-order valence-electron chi connectivity index (χ1n) is 6.12. The quantitative estimate of drug-likeness (QED) is 0.933. The van der Waals surface area contributed by atoms with Crippen LogP contribution in [0.2, 0.25) is 5.02 Å². The Morgan fingerprint density at radius 1 is 1.40 bits per heavy atom. The van der Waals surface area contributed by atoms with Gasteiger partial charge in [0.05, 0.1) is 12.1 Å². The Labute approximate surface area is 121 Å². The molecule has 1 aromatic heterocycles. The maximum absolute atomic E-state index is 12.0. The normalized spacial score (nSPS) is 10.7. The molecule has 0 bridgehead atoms. The Bertz CT molecular complexity index is 623. The molecule has 6 heteroatoms. The lowest BCUT2D eigenvalue weighted by molar-refractivity contribution is 0.101. The predicted octanol–water partition coefficient (Wildman–Crippen LogP) is 3.71.